The average Bonchev–Trinajstić information content (AvgIpc) is 2.99. The molecule has 2 aromatic carbocycles. The molecule has 200 valence electrons. The van der Waals surface area contributed by atoms with Gasteiger partial charge in [-0.25, -0.2) is 19.9 Å². The third-order valence-electron chi connectivity index (χ3n) is 6.47. The molecule has 0 radical (unpaired) electrons. The first-order valence-corrected chi connectivity index (χ1v) is 13.0. The van der Waals surface area contributed by atoms with Crippen molar-refractivity contribution in [1.82, 2.24) is 20.3 Å². The number of anilines is 1. The van der Waals surface area contributed by atoms with E-state index in [1.54, 1.807) is 48.7 Å². The van der Waals surface area contributed by atoms with Crippen molar-refractivity contribution in [2.45, 2.75) is 12.0 Å². The van der Waals surface area contributed by atoms with Crippen LogP contribution < -0.4 is 20.1 Å². The average molecular weight is 601 g/mol. The Labute approximate surface area is 236 Å². The van der Waals surface area contributed by atoms with Gasteiger partial charge in [0, 0.05) is 39.5 Å². The van der Waals surface area contributed by atoms with Crippen LogP contribution in [0.25, 0.3) is 0 Å². The van der Waals surface area contributed by atoms with Crippen LogP contribution in [0.2, 0.25) is 0 Å². The highest BCUT2D eigenvalue weighted by Gasteiger charge is 2.46. The van der Waals surface area contributed by atoms with E-state index in [0.29, 0.717) is 46.3 Å². The number of aromatic nitrogens is 3. The first-order valence-electron chi connectivity index (χ1n) is 12.2. The molecule has 2 aliphatic rings. The molecule has 2 N–H and O–H groups in total. The Kier molecular flexibility index (Phi) is 6.60. The van der Waals surface area contributed by atoms with Gasteiger partial charge in [0.2, 0.25) is 11.8 Å². The zero-order valence-electron chi connectivity index (χ0n) is 21.1. The molecule has 40 heavy (non-hydrogen) atoms. The topological polar surface area (TPSA) is 137 Å². The van der Waals surface area contributed by atoms with E-state index in [1.807, 2.05) is 12.1 Å². The Bertz CT molecular complexity index is 1650. The predicted octanol–water partition coefficient (Wildman–Crippen LogP) is 4.45. The highest BCUT2D eigenvalue weighted by molar-refractivity contribution is 9.10. The summed E-state index contributed by atoms with van der Waals surface area (Å²) < 4.78 is 17.7. The van der Waals surface area contributed by atoms with Crippen molar-refractivity contribution in [3.05, 3.63) is 100 Å². The number of ether oxygens (including phenoxy) is 3. The first kappa shape index (κ1) is 25.4. The van der Waals surface area contributed by atoms with Crippen LogP contribution in [0.15, 0.2) is 82.7 Å². The molecule has 12 heteroatoms. The van der Waals surface area contributed by atoms with Crippen LogP contribution in [0, 0.1) is 0 Å². The van der Waals surface area contributed by atoms with Crippen LogP contribution in [0.3, 0.4) is 0 Å². The number of halogens is 1. The minimum Gasteiger partial charge on any atom is -0.480 e. The molecular weight excluding hydrogens is 580 g/mol. The number of carbonyl (C=O) groups is 2. The van der Waals surface area contributed by atoms with Crippen molar-refractivity contribution in [1.29, 1.82) is 0 Å². The number of benzene rings is 2. The molecular formula is C28H21BrN6O5. The van der Waals surface area contributed by atoms with Crippen LogP contribution in [-0.2, 0) is 10.3 Å². The molecule has 1 unspecified atom stereocenters. The quantitative estimate of drug-likeness (QED) is 0.350. The first-order chi connectivity index (χ1) is 19.4. The molecule has 4 aromatic rings. The van der Waals surface area contributed by atoms with E-state index in [1.165, 1.54) is 19.5 Å². The number of hydrogen-bond donors (Lipinski definition) is 2. The summed E-state index contributed by atoms with van der Waals surface area (Å²) in [6, 6.07) is 16.0. The fourth-order valence-corrected chi connectivity index (χ4v) is 4.91. The van der Waals surface area contributed by atoms with Gasteiger partial charge in [0.1, 0.15) is 17.0 Å². The fourth-order valence-electron chi connectivity index (χ4n) is 4.58. The standard InChI is InChI=1S/C28H21BrN6O5/c1-38-23-15-30-21(14-31-23)25(37)33-18-7-8-22-19(12-18)28(20-11-17(29)13-32-26(20)40-22)9-10-39-27(35-28)34-24(36)16-5-3-2-4-6-16/h2-8,11-15H,9-10H2,1H3,(H,33,37)(H,34,35,36). The van der Waals surface area contributed by atoms with Gasteiger partial charge in [-0.3, -0.25) is 14.9 Å². The van der Waals surface area contributed by atoms with E-state index >= 15 is 0 Å². The molecule has 6 rings (SSSR count). The normalized spacial score (nSPS) is 16.9. The Morgan fingerprint density at radius 1 is 0.950 bits per heavy atom. The number of amides is 2. The van der Waals surface area contributed by atoms with Gasteiger partial charge in [0.25, 0.3) is 17.8 Å². The van der Waals surface area contributed by atoms with Crippen molar-refractivity contribution in [3.8, 4) is 17.5 Å². The zero-order chi connectivity index (χ0) is 27.7. The second-order valence-corrected chi connectivity index (χ2v) is 9.83. The largest absolute Gasteiger partial charge is 0.480 e. The minimum atomic E-state index is -1.02. The summed E-state index contributed by atoms with van der Waals surface area (Å²) in [6.07, 6.45) is 4.78. The van der Waals surface area contributed by atoms with E-state index in [-0.39, 0.29) is 24.2 Å². The number of methoxy groups -OCH3 is 1. The summed E-state index contributed by atoms with van der Waals surface area (Å²) in [5.41, 5.74) is 1.43. The second-order valence-electron chi connectivity index (χ2n) is 8.91. The highest BCUT2D eigenvalue weighted by Crippen LogP contribution is 2.52. The molecule has 1 spiro atoms. The molecule has 0 bridgehead atoms. The SMILES string of the molecule is COc1cnc(C(=O)Nc2ccc3c(c2)C2(CCOC(NC(=O)c4ccccc4)=N2)c2cc(Br)cnc2O3)cn1. The number of fused-ring (bicyclic) bond motifs is 4. The maximum Gasteiger partial charge on any atom is 0.292 e. The molecule has 2 aliphatic heterocycles. The molecule has 1 atom stereocenters. The van der Waals surface area contributed by atoms with Crippen molar-refractivity contribution >= 4 is 39.5 Å². The number of nitrogens with zero attached hydrogens (tertiary/aromatic N) is 4. The third-order valence-corrected chi connectivity index (χ3v) is 6.91. The number of amidine groups is 1. The zero-order valence-corrected chi connectivity index (χ0v) is 22.6. The number of hydrogen-bond acceptors (Lipinski definition) is 9. The van der Waals surface area contributed by atoms with E-state index in [2.05, 4.69) is 41.5 Å². The van der Waals surface area contributed by atoms with Gasteiger partial charge in [-0.05, 0) is 52.3 Å². The number of aliphatic imine (C=N–C) groups is 1. The second kappa shape index (κ2) is 10.4. The van der Waals surface area contributed by atoms with Crippen LogP contribution in [-0.4, -0.2) is 46.5 Å². The molecule has 4 heterocycles. The molecule has 0 saturated carbocycles. The Morgan fingerprint density at radius 2 is 1.80 bits per heavy atom. The number of nitrogens with one attached hydrogen (secondary N) is 2. The summed E-state index contributed by atoms with van der Waals surface area (Å²) >= 11 is 3.50. The smallest absolute Gasteiger partial charge is 0.292 e. The van der Waals surface area contributed by atoms with Gasteiger partial charge >= 0.3 is 0 Å². The molecule has 0 aliphatic carbocycles. The monoisotopic (exact) mass is 600 g/mol. The van der Waals surface area contributed by atoms with Crippen molar-refractivity contribution < 1.29 is 23.8 Å². The Morgan fingerprint density at radius 3 is 2.58 bits per heavy atom. The van der Waals surface area contributed by atoms with E-state index in [0.717, 1.165) is 4.47 Å². The lowest BCUT2D eigenvalue weighted by Gasteiger charge is -2.39. The van der Waals surface area contributed by atoms with Crippen molar-refractivity contribution in [2.75, 3.05) is 19.0 Å². The maximum absolute atomic E-state index is 12.9. The van der Waals surface area contributed by atoms with Gasteiger partial charge in [0.15, 0.2) is 0 Å². The van der Waals surface area contributed by atoms with Crippen LogP contribution in [0.4, 0.5) is 5.69 Å². The predicted molar refractivity (Wildman–Crippen MR) is 148 cm³/mol. The van der Waals surface area contributed by atoms with Gasteiger partial charge in [-0.1, -0.05) is 18.2 Å². The van der Waals surface area contributed by atoms with Crippen molar-refractivity contribution in [3.63, 3.8) is 0 Å². The van der Waals surface area contributed by atoms with Gasteiger partial charge in [0.05, 0.1) is 26.1 Å². The van der Waals surface area contributed by atoms with Crippen LogP contribution >= 0.6 is 15.9 Å². The van der Waals surface area contributed by atoms with E-state index in [4.69, 9.17) is 19.2 Å². The Hall–Kier alpha value is -4.84. The van der Waals surface area contributed by atoms with Crippen LogP contribution in [0.5, 0.6) is 17.5 Å². The highest BCUT2D eigenvalue weighted by atomic mass is 79.9. The van der Waals surface area contributed by atoms with Crippen LogP contribution in [0.1, 0.15) is 38.4 Å². The summed E-state index contributed by atoms with van der Waals surface area (Å²) in [5.74, 6) is 0.412. The molecule has 0 saturated heterocycles. The van der Waals surface area contributed by atoms with Gasteiger partial charge in [-0.15, -0.1) is 0 Å². The third kappa shape index (κ3) is 4.73. The van der Waals surface area contributed by atoms with Gasteiger partial charge in [-0.2, -0.15) is 0 Å². The fraction of sp³-hybridized carbons (Fsp3) is 0.143. The lowest BCUT2D eigenvalue weighted by atomic mass is 9.78. The number of rotatable bonds is 4. The molecule has 2 amide bonds. The number of pyridine rings is 1. The lowest BCUT2D eigenvalue weighted by Crippen LogP contribution is -2.42. The molecule has 2 aromatic heterocycles. The van der Waals surface area contributed by atoms with Crippen molar-refractivity contribution in [2.24, 2.45) is 4.99 Å². The number of carbonyl (C=O) groups excluding carboxylic acids is 2. The maximum atomic E-state index is 12.9. The Balaban J connectivity index is 1.39. The lowest BCUT2D eigenvalue weighted by molar-refractivity contribution is 0.0957. The van der Waals surface area contributed by atoms with E-state index in [9.17, 15) is 9.59 Å². The molecule has 0 fully saturated rings. The minimum absolute atomic E-state index is 0.0711. The summed E-state index contributed by atoms with van der Waals surface area (Å²) in [5, 5.41) is 5.64. The molecule has 11 nitrogen and oxygen atoms in total. The summed E-state index contributed by atoms with van der Waals surface area (Å²) in [6.45, 7) is 0.261. The summed E-state index contributed by atoms with van der Waals surface area (Å²) in [7, 11) is 1.47. The van der Waals surface area contributed by atoms with Gasteiger partial charge < -0.3 is 19.5 Å². The van der Waals surface area contributed by atoms with E-state index < -0.39 is 11.4 Å². The summed E-state index contributed by atoms with van der Waals surface area (Å²) in [4.78, 5) is 43.3.